The molecule has 0 unspecified atom stereocenters. The molecule has 1 aromatic carbocycles. The Morgan fingerprint density at radius 1 is 1.19 bits per heavy atom. The second kappa shape index (κ2) is 8.21. The summed E-state index contributed by atoms with van der Waals surface area (Å²) in [6.45, 7) is 8.43. The molecule has 9 nitrogen and oxygen atoms in total. The molecule has 0 saturated carbocycles. The van der Waals surface area contributed by atoms with Gasteiger partial charge in [-0.25, -0.2) is 18.2 Å². The van der Waals surface area contributed by atoms with Crippen molar-refractivity contribution < 1.29 is 17.7 Å². The van der Waals surface area contributed by atoms with E-state index in [9.17, 15) is 13.2 Å². The quantitative estimate of drug-likeness (QED) is 0.634. The molecule has 4 rings (SSSR count). The SMILES string of the molecule is Cc1noc(C)c1S(=O)(=O)N1CCN(C(=O)Nc2ccc3nc(C(C)C)sc3c2)CC1. The molecule has 1 N–H and O–H groups in total. The predicted molar refractivity (Wildman–Crippen MR) is 119 cm³/mol. The molecule has 0 spiro atoms. The van der Waals surface area contributed by atoms with E-state index in [2.05, 4.69) is 29.3 Å². The summed E-state index contributed by atoms with van der Waals surface area (Å²) in [6, 6.07) is 5.42. The van der Waals surface area contributed by atoms with Crippen LogP contribution < -0.4 is 5.32 Å². The van der Waals surface area contributed by atoms with E-state index < -0.39 is 10.0 Å². The summed E-state index contributed by atoms with van der Waals surface area (Å²) in [5.74, 6) is 0.630. The summed E-state index contributed by atoms with van der Waals surface area (Å²) in [5, 5.41) is 7.72. The maximum absolute atomic E-state index is 12.9. The highest BCUT2D eigenvalue weighted by atomic mass is 32.2. The van der Waals surface area contributed by atoms with Crippen molar-refractivity contribution in [2.45, 2.75) is 38.5 Å². The molecule has 1 aliphatic rings. The number of hydrogen-bond donors (Lipinski definition) is 1. The van der Waals surface area contributed by atoms with Crippen LogP contribution in [0.3, 0.4) is 0 Å². The predicted octanol–water partition coefficient (Wildman–Crippen LogP) is 3.56. The molecule has 0 radical (unpaired) electrons. The van der Waals surface area contributed by atoms with Gasteiger partial charge in [0.05, 0.1) is 15.2 Å². The lowest BCUT2D eigenvalue weighted by molar-refractivity contribution is 0.184. The van der Waals surface area contributed by atoms with Gasteiger partial charge in [0.2, 0.25) is 10.0 Å². The van der Waals surface area contributed by atoms with Gasteiger partial charge in [0, 0.05) is 37.8 Å². The smallest absolute Gasteiger partial charge is 0.321 e. The number of amides is 2. The van der Waals surface area contributed by atoms with E-state index in [1.807, 2.05) is 18.2 Å². The number of nitrogens with one attached hydrogen (secondary N) is 1. The van der Waals surface area contributed by atoms with Crippen molar-refractivity contribution in [3.05, 3.63) is 34.7 Å². The second-order valence-electron chi connectivity index (χ2n) is 7.86. The van der Waals surface area contributed by atoms with E-state index in [0.717, 1.165) is 15.2 Å². The first-order chi connectivity index (χ1) is 14.7. The van der Waals surface area contributed by atoms with Gasteiger partial charge >= 0.3 is 6.03 Å². The average molecular weight is 464 g/mol. The van der Waals surface area contributed by atoms with E-state index >= 15 is 0 Å². The molecule has 11 heteroatoms. The Labute approximate surface area is 185 Å². The average Bonchev–Trinajstić information content (AvgIpc) is 3.31. The fraction of sp³-hybridized carbons (Fsp3) is 0.450. The van der Waals surface area contributed by atoms with Gasteiger partial charge in [-0.15, -0.1) is 11.3 Å². The first-order valence-electron chi connectivity index (χ1n) is 10.1. The Morgan fingerprint density at radius 2 is 1.90 bits per heavy atom. The van der Waals surface area contributed by atoms with Crippen LogP contribution in [0.1, 0.15) is 36.2 Å². The van der Waals surface area contributed by atoms with Crippen LogP contribution in [-0.2, 0) is 10.0 Å². The van der Waals surface area contributed by atoms with Crippen molar-refractivity contribution in [2.24, 2.45) is 0 Å². The number of rotatable bonds is 4. The Kier molecular flexibility index (Phi) is 5.75. The molecule has 3 heterocycles. The van der Waals surface area contributed by atoms with Crippen molar-refractivity contribution >= 4 is 43.3 Å². The van der Waals surface area contributed by atoms with Gasteiger partial charge in [-0.2, -0.15) is 4.31 Å². The molecular formula is C20H25N5O4S2. The summed E-state index contributed by atoms with van der Waals surface area (Å²) in [5.41, 5.74) is 1.96. The molecule has 3 aromatic rings. The molecule has 0 aliphatic carbocycles. The van der Waals surface area contributed by atoms with Crippen LogP contribution in [0.4, 0.5) is 10.5 Å². The zero-order valence-electron chi connectivity index (χ0n) is 17.9. The number of fused-ring (bicyclic) bond motifs is 1. The van der Waals surface area contributed by atoms with E-state index in [4.69, 9.17) is 4.52 Å². The Balaban J connectivity index is 1.41. The van der Waals surface area contributed by atoms with Crippen molar-refractivity contribution in [2.75, 3.05) is 31.5 Å². The highest BCUT2D eigenvalue weighted by molar-refractivity contribution is 7.89. The highest BCUT2D eigenvalue weighted by Gasteiger charge is 2.34. The number of hydrogen-bond acceptors (Lipinski definition) is 7. The standard InChI is InChI=1S/C20H25N5O4S2/c1-12(2)19-22-16-6-5-15(11-17(16)30-19)21-20(26)24-7-9-25(10-8-24)31(27,28)18-13(3)23-29-14(18)4/h5-6,11-12H,7-10H2,1-4H3,(H,21,26). The van der Waals surface area contributed by atoms with Gasteiger partial charge in [-0.1, -0.05) is 19.0 Å². The summed E-state index contributed by atoms with van der Waals surface area (Å²) in [4.78, 5) is 19.1. The molecule has 0 bridgehead atoms. The number of urea groups is 1. The van der Waals surface area contributed by atoms with Crippen LogP contribution in [0.25, 0.3) is 10.2 Å². The Morgan fingerprint density at radius 3 is 2.52 bits per heavy atom. The number of aromatic nitrogens is 2. The number of thiazole rings is 1. The Hall–Kier alpha value is -2.50. The topological polar surface area (TPSA) is 109 Å². The van der Waals surface area contributed by atoms with Crippen molar-refractivity contribution in [3.8, 4) is 0 Å². The minimum atomic E-state index is -3.70. The van der Waals surface area contributed by atoms with Crippen molar-refractivity contribution in [3.63, 3.8) is 0 Å². The first-order valence-corrected chi connectivity index (χ1v) is 12.3. The minimum Gasteiger partial charge on any atom is -0.360 e. The molecule has 166 valence electrons. The van der Waals surface area contributed by atoms with Gasteiger partial charge in [0.15, 0.2) is 5.76 Å². The van der Waals surface area contributed by atoms with E-state index in [-0.39, 0.29) is 29.8 Å². The third-order valence-corrected chi connectivity index (χ3v) is 8.70. The summed E-state index contributed by atoms with van der Waals surface area (Å²) < 4.78 is 33.3. The lowest BCUT2D eigenvalue weighted by Gasteiger charge is -2.33. The highest BCUT2D eigenvalue weighted by Crippen LogP contribution is 2.29. The van der Waals surface area contributed by atoms with E-state index in [1.165, 1.54) is 4.31 Å². The molecule has 1 fully saturated rings. The van der Waals surface area contributed by atoms with Gasteiger partial charge in [0.1, 0.15) is 10.6 Å². The van der Waals surface area contributed by atoms with E-state index in [1.54, 1.807) is 30.1 Å². The third kappa shape index (κ3) is 4.17. The number of piperazine rings is 1. The molecular weight excluding hydrogens is 438 g/mol. The van der Waals surface area contributed by atoms with Gasteiger partial charge in [-0.3, -0.25) is 0 Å². The minimum absolute atomic E-state index is 0.115. The molecule has 31 heavy (non-hydrogen) atoms. The first kappa shape index (κ1) is 21.7. The van der Waals surface area contributed by atoms with Crippen molar-refractivity contribution in [1.82, 2.24) is 19.3 Å². The van der Waals surface area contributed by atoms with Crippen molar-refractivity contribution in [1.29, 1.82) is 0 Å². The maximum Gasteiger partial charge on any atom is 0.321 e. The number of anilines is 1. The fourth-order valence-corrected chi connectivity index (χ4v) is 6.30. The van der Waals surface area contributed by atoms with Crippen LogP contribution in [0.5, 0.6) is 0 Å². The number of sulfonamides is 1. The van der Waals surface area contributed by atoms with Crippen LogP contribution in [-0.4, -0.2) is 60.0 Å². The fourth-order valence-electron chi connectivity index (χ4n) is 3.57. The molecule has 1 saturated heterocycles. The molecule has 2 aromatic heterocycles. The van der Waals surface area contributed by atoms with E-state index in [0.29, 0.717) is 30.4 Å². The van der Waals surface area contributed by atoms with Crippen LogP contribution in [0.2, 0.25) is 0 Å². The summed E-state index contributed by atoms with van der Waals surface area (Å²) >= 11 is 1.62. The second-order valence-corrected chi connectivity index (χ2v) is 10.8. The monoisotopic (exact) mass is 463 g/mol. The van der Waals surface area contributed by atoms with Gasteiger partial charge < -0.3 is 14.7 Å². The largest absolute Gasteiger partial charge is 0.360 e. The van der Waals surface area contributed by atoms with Crippen LogP contribution >= 0.6 is 11.3 Å². The Bertz CT molecular complexity index is 1200. The number of carbonyl (C=O) groups is 1. The lowest BCUT2D eigenvalue weighted by Crippen LogP contribution is -2.51. The third-order valence-electron chi connectivity index (χ3n) is 5.24. The molecule has 1 aliphatic heterocycles. The van der Waals surface area contributed by atoms with Gasteiger partial charge in [0.25, 0.3) is 0 Å². The van der Waals surface area contributed by atoms with Crippen LogP contribution in [0, 0.1) is 13.8 Å². The van der Waals surface area contributed by atoms with Gasteiger partial charge in [-0.05, 0) is 32.0 Å². The molecule has 0 atom stereocenters. The normalized spacial score (nSPS) is 15.7. The summed E-state index contributed by atoms with van der Waals surface area (Å²) in [6.07, 6.45) is 0. The number of nitrogens with zero attached hydrogens (tertiary/aromatic N) is 4. The molecule has 2 amide bonds. The zero-order chi connectivity index (χ0) is 22.3. The van der Waals surface area contributed by atoms with Crippen LogP contribution in [0.15, 0.2) is 27.6 Å². The lowest BCUT2D eigenvalue weighted by atomic mass is 10.2. The zero-order valence-corrected chi connectivity index (χ0v) is 19.5. The number of aryl methyl sites for hydroxylation is 2. The maximum atomic E-state index is 12.9. The number of benzene rings is 1. The number of carbonyl (C=O) groups excluding carboxylic acids is 1. The summed E-state index contributed by atoms with van der Waals surface area (Å²) in [7, 11) is -3.70.